The molecule has 3 rings (SSSR count). The molecule has 2 aromatic carbocycles. The molecule has 0 spiro atoms. The Labute approximate surface area is 96.1 Å². The van der Waals surface area contributed by atoms with Crippen LogP contribution in [-0.4, -0.2) is 6.04 Å². The minimum Gasteiger partial charge on any atom is -0.381 e. The molecule has 80 valence electrons. The van der Waals surface area contributed by atoms with Crippen molar-refractivity contribution in [1.82, 2.24) is 0 Å². The maximum Gasteiger partial charge on any atom is 0.0375 e. The van der Waals surface area contributed by atoms with Gasteiger partial charge >= 0.3 is 0 Å². The fraction of sp³-hybridized carbons (Fsp3) is 0.200. The van der Waals surface area contributed by atoms with Crippen LogP contribution < -0.4 is 5.32 Å². The highest BCUT2D eigenvalue weighted by atomic mass is 14.9. The van der Waals surface area contributed by atoms with Crippen molar-refractivity contribution in [2.24, 2.45) is 0 Å². The van der Waals surface area contributed by atoms with Crippen molar-refractivity contribution in [2.75, 3.05) is 5.32 Å². The van der Waals surface area contributed by atoms with Crippen LogP contribution in [0.1, 0.15) is 11.1 Å². The second-order valence-corrected chi connectivity index (χ2v) is 4.39. The lowest BCUT2D eigenvalue weighted by molar-refractivity contribution is 0.746. The molecule has 0 amide bonds. The normalized spacial score (nSPS) is 17.9. The molecule has 1 atom stereocenters. The first-order valence-corrected chi connectivity index (χ1v) is 5.80. The molecular formula is C15H15N. The van der Waals surface area contributed by atoms with Gasteiger partial charge in [0.05, 0.1) is 0 Å². The Morgan fingerprint density at radius 3 is 2.50 bits per heavy atom. The highest BCUT2D eigenvalue weighted by Gasteiger charge is 2.19. The summed E-state index contributed by atoms with van der Waals surface area (Å²) in [6.07, 6.45) is 2.25. The zero-order chi connectivity index (χ0) is 10.8. The second kappa shape index (κ2) is 4.01. The highest BCUT2D eigenvalue weighted by Crippen LogP contribution is 2.26. The number of rotatable bonds is 2. The van der Waals surface area contributed by atoms with Gasteiger partial charge in [0.1, 0.15) is 0 Å². The van der Waals surface area contributed by atoms with Gasteiger partial charge in [-0.3, -0.25) is 0 Å². The molecule has 1 nitrogen and oxygen atoms in total. The van der Waals surface area contributed by atoms with Gasteiger partial charge in [-0.05, 0) is 30.0 Å². The van der Waals surface area contributed by atoms with E-state index in [2.05, 4.69) is 59.9 Å². The number of hydrogen-bond acceptors (Lipinski definition) is 1. The largest absolute Gasteiger partial charge is 0.381 e. The van der Waals surface area contributed by atoms with E-state index in [1.165, 1.54) is 16.8 Å². The lowest BCUT2D eigenvalue weighted by Crippen LogP contribution is -2.18. The van der Waals surface area contributed by atoms with E-state index in [9.17, 15) is 0 Å². The Kier molecular flexibility index (Phi) is 2.37. The molecular weight excluding hydrogens is 194 g/mol. The van der Waals surface area contributed by atoms with Crippen LogP contribution in [-0.2, 0) is 12.8 Å². The van der Waals surface area contributed by atoms with Crippen molar-refractivity contribution in [3.8, 4) is 0 Å². The average Bonchev–Trinajstić information content (AvgIpc) is 2.72. The van der Waals surface area contributed by atoms with E-state index in [-0.39, 0.29) is 0 Å². The molecule has 0 aromatic heterocycles. The van der Waals surface area contributed by atoms with Crippen LogP contribution in [0.15, 0.2) is 54.6 Å². The monoisotopic (exact) mass is 209 g/mol. The van der Waals surface area contributed by atoms with E-state index >= 15 is 0 Å². The first-order valence-electron chi connectivity index (χ1n) is 5.80. The summed E-state index contributed by atoms with van der Waals surface area (Å²) in [4.78, 5) is 0. The molecule has 0 saturated carbocycles. The molecule has 0 aliphatic carbocycles. The second-order valence-electron chi connectivity index (χ2n) is 4.39. The van der Waals surface area contributed by atoms with Crippen molar-refractivity contribution in [3.05, 3.63) is 65.7 Å². The molecule has 1 N–H and O–H groups in total. The van der Waals surface area contributed by atoms with E-state index in [0.29, 0.717) is 6.04 Å². The summed E-state index contributed by atoms with van der Waals surface area (Å²) >= 11 is 0. The smallest absolute Gasteiger partial charge is 0.0375 e. The van der Waals surface area contributed by atoms with Gasteiger partial charge < -0.3 is 5.32 Å². The van der Waals surface area contributed by atoms with Gasteiger partial charge in [0.25, 0.3) is 0 Å². The van der Waals surface area contributed by atoms with Gasteiger partial charge in [0.2, 0.25) is 0 Å². The van der Waals surface area contributed by atoms with E-state index in [1.54, 1.807) is 0 Å². The molecule has 0 bridgehead atoms. The summed E-state index contributed by atoms with van der Waals surface area (Å²) in [6.45, 7) is 0. The predicted octanol–water partition coefficient (Wildman–Crippen LogP) is 3.27. The summed E-state index contributed by atoms with van der Waals surface area (Å²) in [7, 11) is 0. The maximum atomic E-state index is 3.58. The van der Waals surface area contributed by atoms with Gasteiger partial charge in [0, 0.05) is 11.7 Å². The Morgan fingerprint density at radius 1 is 0.938 bits per heavy atom. The standard InChI is InChI=1S/C15H15N/c1-2-6-12(7-3-1)10-14-11-13-8-4-5-9-15(13)16-14/h1-9,14,16H,10-11H2. The van der Waals surface area contributed by atoms with Crippen molar-refractivity contribution >= 4 is 5.69 Å². The van der Waals surface area contributed by atoms with Crippen LogP contribution in [0.5, 0.6) is 0 Å². The number of para-hydroxylation sites is 1. The third-order valence-corrected chi connectivity index (χ3v) is 3.17. The molecule has 0 saturated heterocycles. The Balaban J connectivity index is 1.73. The molecule has 1 heteroatoms. The molecule has 0 radical (unpaired) electrons. The summed E-state index contributed by atoms with van der Waals surface area (Å²) < 4.78 is 0. The first-order chi connectivity index (χ1) is 7.92. The van der Waals surface area contributed by atoms with Crippen LogP contribution in [0, 0.1) is 0 Å². The van der Waals surface area contributed by atoms with Crippen LogP contribution in [0.2, 0.25) is 0 Å². The van der Waals surface area contributed by atoms with Crippen molar-refractivity contribution in [3.63, 3.8) is 0 Å². The minimum absolute atomic E-state index is 0.555. The maximum absolute atomic E-state index is 3.58. The van der Waals surface area contributed by atoms with E-state index in [4.69, 9.17) is 0 Å². The molecule has 1 heterocycles. The van der Waals surface area contributed by atoms with Gasteiger partial charge in [-0.15, -0.1) is 0 Å². The SMILES string of the molecule is c1ccc(CC2Cc3ccccc3N2)cc1. The van der Waals surface area contributed by atoms with E-state index < -0.39 is 0 Å². The fourth-order valence-corrected chi connectivity index (χ4v) is 2.40. The Morgan fingerprint density at radius 2 is 1.69 bits per heavy atom. The lowest BCUT2D eigenvalue weighted by Gasteiger charge is -2.10. The topological polar surface area (TPSA) is 12.0 Å². The van der Waals surface area contributed by atoms with Crippen LogP contribution in [0.4, 0.5) is 5.69 Å². The minimum atomic E-state index is 0.555. The number of fused-ring (bicyclic) bond motifs is 1. The first kappa shape index (κ1) is 9.46. The average molecular weight is 209 g/mol. The summed E-state index contributed by atoms with van der Waals surface area (Å²) in [5.74, 6) is 0. The molecule has 1 aliphatic heterocycles. The van der Waals surface area contributed by atoms with E-state index in [1.807, 2.05) is 0 Å². The number of hydrogen-bond donors (Lipinski definition) is 1. The van der Waals surface area contributed by atoms with Gasteiger partial charge in [-0.2, -0.15) is 0 Å². The van der Waals surface area contributed by atoms with E-state index in [0.717, 1.165) is 12.8 Å². The van der Waals surface area contributed by atoms with Gasteiger partial charge in [-0.25, -0.2) is 0 Å². The molecule has 0 fully saturated rings. The third-order valence-electron chi connectivity index (χ3n) is 3.17. The molecule has 1 unspecified atom stereocenters. The summed E-state index contributed by atoms with van der Waals surface area (Å²) in [5, 5.41) is 3.58. The summed E-state index contributed by atoms with van der Waals surface area (Å²) in [6, 6.07) is 19.8. The number of benzene rings is 2. The van der Waals surface area contributed by atoms with Crippen molar-refractivity contribution in [1.29, 1.82) is 0 Å². The quantitative estimate of drug-likeness (QED) is 0.800. The summed E-state index contributed by atoms with van der Waals surface area (Å²) in [5.41, 5.74) is 4.17. The highest BCUT2D eigenvalue weighted by molar-refractivity contribution is 5.56. The lowest BCUT2D eigenvalue weighted by atomic mass is 10.0. The Bertz CT molecular complexity index is 451. The van der Waals surface area contributed by atoms with Gasteiger partial charge in [0.15, 0.2) is 0 Å². The fourth-order valence-electron chi connectivity index (χ4n) is 2.40. The zero-order valence-electron chi connectivity index (χ0n) is 9.19. The van der Waals surface area contributed by atoms with Crippen LogP contribution in [0.25, 0.3) is 0 Å². The van der Waals surface area contributed by atoms with Gasteiger partial charge in [-0.1, -0.05) is 48.5 Å². The number of anilines is 1. The molecule has 2 aromatic rings. The molecule has 16 heavy (non-hydrogen) atoms. The van der Waals surface area contributed by atoms with Crippen molar-refractivity contribution < 1.29 is 0 Å². The number of nitrogens with one attached hydrogen (secondary N) is 1. The van der Waals surface area contributed by atoms with Crippen LogP contribution in [0.3, 0.4) is 0 Å². The zero-order valence-corrected chi connectivity index (χ0v) is 9.19. The predicted molar refractivity (Wildman–Crippen MR) is 67.7 cm³/mol. The van der Waals surface area contributed by atoms with Crippen LogP contribution >= 0.6 is 0 Å². The Hall–Kier alpha value is -1.76. The van der Waals surface area contributed by atoms with Crippen molar-refractivity contribution in [2.45, 2.75) is 18.9 Å². The third kappa shape index (κ3) is 1.81. The molecule has 1 aliphatic rings.